The quantitative estimate of drug-likeness (QED) is 0.727. The van der Waals surface area contributed by atoms with Crippen molar-refractivity contribution >= 4 is 16.1 Å². The molecular formula is C20H21F3N2O3S. The molecule has 0 aliphatic carbocycles. The van der Waals surface area contributed by atoms with Crippen molar-refractivity contribution in [2.45, 2.75) is 37.4 Å². The molecule has 156 valence electrons. The number of alkyl halides is 3. The first-order valence-electron chi connectivity index (χ1n) is 9.13. The third-order valence-electron chi connectivity index (χ3n) is 4.81. The number of rotatable bonds is 4. The van der Waals surface area contributed by atoms with E-state index in [1.54, 1.807) is 12.1 Å². The van der Waals surface area contributed by atoms with Gasteiger partial charge in [0.05, 0.1) is 17.0 Å². The molecule has 0 radical (unpaired) electrons. The zero-order valence-electron chi connectivity index (χ0n) is 15.8. The van der Waals surface area contributed by atoms with Gasteiger partial charge in [-0.15, -0.1) is 0 Å². The second-order valence-electron chi connectivity index (χ2n) is 7.00. The third-order valence-corrected chi connectivity index (χ3v) is 6.54. The Labute approximate surface area is 167 Å². The number of likely N-dealkylation sites (tertiary alicyclic amines) is 1. The molecule has 0 aromatic heterocycles. The summed E-state index contributed by atoms with van der Waals surface area (Å²) in [7, 11) is -4.17. The first-order chi connectivity index (χ1) is 13.6. The standard InChI is InChI=1S/C20H21F3N2O3S/c1-15-4-10-18(11-5-15)29(27,28)25(19(26)24-12-2-3-13-24)14-16-6-8-17(9-7-16)20(21,22)23/h4-11H,2-3,12-14H2,1H3. The molecule has 1 heterocycles. The smallest absolute Gasteiger partial charge is 0.324 e. The van der Waals surface area contributed by atoms with E-state index >= 15 is 0 Å². The van der Waals surface area contributed by atoms with E-state index in [2.05, 4.69) is 0 Å². The predicted molar refractivity (Wildman–Crippen MR) is 102 cm³/mol. The van der Waals surface area contributed by atoms with E-state index < -0.39 is 27.8 Å². The van der Waals surface area contributed by atoms with Crippen LogP contribution in [0.25, 0.3) is 0 Å². The number of halogens is 3. The van der Waals surface area contributed by atoms with E-state index in [1.165, 1.54) is 29.2 Å². The van der Waals surface area contributed by atoms with E-state index in [4.69, 9.17) is 0 Å². The Balaban J connectivity index is 1.94. The highest BCUT2D eigenvalue weighted by atomic mass is 32.2. The molecule has 1 saturated heterocycles. The van der Waals surface area contributed by atoms with Crippen LogP contribution in [-0.4, -0.2) is 36.7 Å². The van der Waals surface area contributed by atoms with Crippen molar-refractivity contribution in [2.24, 2.45) is 0 Å². The summed E-state index contributed by atoms with van der Waals surface area (Å²) >= 11 is 0. The Kier molecular flexibility index (Phi) is 5.88. The predicted octanol–water partition coefficient (Wildman–Crippen LogP) is 4.42. The van der Waals surface area contributed by atoms with Gasteiger partial charge < -0.3 is 4.90 Å². The number of amides is 2. The van der Waals surface area contributed by atoms with Crippen molar-refractivity contribution in [3.63, 3.8) is 0 Å². The fourth-order valence-corrected chi connectivity index (χ4v) is 4.50. The first-order valence-corrected chi connectivity index (χ1v) is 10.6. The van der Waals surface area contributed by atoms with Gasteiger partial charge in [0.15, 0.2) is 0 Å². The van der Waals surface area contributed by atoms with E-state index in [9.17, 15) is 26.4 Å². The molecule has 0 unspecified atom stereocenters. The molecular weight excluding hydrogens is 405 g/mol. The zero-order chi connectivity index (χ0) is 21.2. The lowest BCUT2D eigenvalue weighted by atomic mass is 10.1. The summed E-state index contributed by atoms with van der Waals surface area (Å²) in [6.07, 6.45) is -2.92. The van der Waals surface area contributed by atoms with Gasteiger partial charge in [-0.25, -0.2) is 17.5 Å². The number of carbonyl (C=O) groups excluding carboxylic acids is 1. The number of urea groups is 1. The Morgan fingerprint density at radius 3 is 2.07 bits per heavy atom. The molecule has 2 amide bonds. The van der Waals surface area contributed by atoms with Gasteiger partial charge >= 0.3 is 12.2 Å². The minimum atomic E-state index is -4.49. The van der Waals surface area contributed by atoms with Crippen LogP contribution in [0.1, 0.15) is 29.5 Å². The van der Waals surface area contributed by atoms with Gasteiger partial charge in [-0.1, -0.05) is 29.8 Å². The van der Waals surface area contributed by atoms with Gasteiger partial charge in [0.2, 0.25) is 0 Å². The van der Waals surface area contributed by atoms with Crippen LogP contribution in [0, 0.1) is 6.92 Å². The highest BCUT2D eigenvalue weighted by Crippen LogP contribution is 2.30. The number of hydrogen-bond acceptors (Lipinski definition) is 3. The molecule has 1 fully saturated rings. The van der Waals surface area contributed by atoms with Crippen molar-refractivity contribution in [1.82, 2.24) is 9.21 Å². The van der Waals surface area contributed by atoms with Crippen LogP contribution in [0.4, 0.5) is 18.0 Å². The molecule has 29 heavy (non-hydrogen) atoms. The minimum Gasteiger partial charge on any atom is -0.324 e. The number of nitrogens with zero attached hydrogens (tertiary/aromatic N) is 2. The zero-order valence-corrected chi connectivity index (χ0v) is 16.6. The third kappa shape index (κ3) is 4.72. The van der Waals surface area contributed by atoms with Crippen LogP contribution >= 0.6 is 0 Å². The van der Waals surface area contributed by atoms with Crippen molar-refractivity contribution in [3.8, 4) is 0 Å². The molecule has 0 spiro atoms. The van der Waals surface area contributed by atoms with Gasteiger partial charge in [-0.05, 0) is 49.6 Å². The monoisotopic (exact) mass is 426 g/mol. The number of carbonyl (C=O) groups is 1. The number of hydrogen-bond donors (Lipinski definition) is 0. The van der Waals surface area contributed by atoms with Crippen LogP contribution < -0.4 is 0 Å². The lowest BCUT2D eigenvalue weighted by Gasteiger charge is -2.27. The average Bonchev–Trinajstić information content (AvgIpc) is 3.20. The SMILES string of the molecule is Cc1ccc(S(=O)(=O)N(Cc2ccc(C(F)(F)F)cc2)C(=O)N2CCCC2)cc1. The van der Waals surface area contributed by atoms with E-state index in [0.29, 0.717) is 18.7 Å². The highest BCUT2D eigenvalue weighted by molar-refractivity contribution is 7.89. The number of aryl methyl sites for hydroxylation is 1. The van der Waals surface area contributed by atoms with Gasteiger partial charge in [0.25, 0.3) is 10.0 Å². The summed E-state index contributed by atoms with van der Waals surface area (Å²) in [5.74, 6) is 0. The molecule has 3 rings (SSSR count). The molecule has 2 aromatic rings. The highest BCUT2D eigenvalue weighted by Gasteiger charge is 2.34. The maximum Gasteiger partial charge on any atom is 0.416 e. The number of sulfonamides is 1. The van der Waals surface area contributed by atoms with Crippen molar-refractivity contribution < 1.29 is 26.4 Å². The Bertz CT molecular complexity index is 966. The second-order valence-corrected chi connectivity index (χ2v) is 8.86. The summed E-state index contributed by atoms with van der Waals surface area (Å²) in [4.78, 5) is 14.4. The van der Waals surface area contributed by atoms with E-state index in [-0.39, 0.29) is 11.4 Å². The van der Waals surface area contributed by atoms with Gasteiger partial charge in [-0.2, -0.15) is 13.2 Å². The molecule has 0 bridgehead atoms. The summed E-state index contributed by atoms with van der Waals surface area (Å²) in [6, 6.07) is 9.58. The van der Waals surface area contributed by atoms with Crippen LogP contribution in [0.3, 0.4) is 0 Å². The van der Waals surface area contributed by atoms with Crippen LogP contribution in [0.5, 0.6) is 0 Å². The Morgan fingerprint density at radius 1 is 1.00 bits per heavy atom. The van der Waals surface area contributed by atoms with Crippen molar-refractivity contribution in [3.05, 3.63) is 65.2 Å². The van der Waals surface area contributed by atoms with Crippen LogP contribution in [0.2, 0.25) is 0 Å². The largest absolute Gasteiger partial charge is 0.416 e. The van der Waals surface area contributed by atoms with E-state index in [0.717, 1.165) is 34.8 Å². The summed E-state index contributed by atoms with van der Waals surface area (Å²) in [5, 5.41) is 0. The fraction of sp³-hybridized carbons (Fsp3) is 0.350. The maximum absolute atomic E-state index is 13.2. The van der Waals surface area contributed by atoms with Crippen LogP contribution in [-0.2, 0) is 22.7 Å². The van der Waals surface area contributed by atoms with Gasteiger partial charge in [0.1, 0.15) is 0 Å². The van der Waals surface area contributed by atoms with Gasteiger partial charge in [-0.3, -0.25) is 0 Å². The minimum absolute atomic E-state index is 0.0393. The molecule has 0 saturated carbocycles. The topological polar surface area (TPSA) is 57.7 Å². The number of benzene rings is 2. The molecule has 0 N–H and O–H groups in total. The normalized spacial score (nSPS) is 14.8. The lowest BCUT2D eigenvalue weighted by Crippen LogP contribution is -2.44. The summed E-state index contributed by atoms with van der Waals surface area (Å²) in [6.45, 7) is 2.37. The van der Waals surface area contributed by atoms with Crippen LogP contribution in [0.15, 0.2) is 53.4 Å². The van der Waals surface area contributed by atoms with E-state index in [1.807, 2.05) is 6.92 Å². The Morgan fingerprint density at radius 2 is 1.55 bits per heavy atom. The summed E-state index contributed by atoms with van der Waals surface area (Å²) < 4.78 is 65.5. The molecule has 0 atom stereocenters. The van der Waals surface area contributed by atoms with Crippen molar-refractivity contribution in [1.29, 1.82) is 0 Å². The molecule has 2 aromatic carbocycles. The second kappa shape index (κ2) is 8.06. The molecule has 1 aliphatic heterocycles. The van der Waals surface area contributed by atoms with Crippen molar-refractivity contribution in [2.75, 3.05) is 13.1 Å². The lowest BCUT2D eigenvalue weighted by molar-refractivity contribution is -0.137. The Hall–Kier alpha value is -2.55. The average molecular weight is 426 g/mol. The first kappa shape index (κ1) is 21.2. The maximum atomic E-state index is 13.2. The molecule has 5 nitrogen and oxygen atoms in total. The fourth-order valence-electron chi connectivity index (χ4n) is 3.12. The molecule has 1 aliphatic rings. The van der Waals surface area contributed by atoms with Gasteiger partial charge in [0, 0.05) is 13.1 Å². The summed E-state index contributed by atoms with van der Waals surface area (Å²) in [5.41, 5.74) is 0.324. The molecule has 9 heteroatoms.